The number of halogens is 1. The smallest absolute Gasteiger partial charge is 0.250 e. The summed E-state index contributed by atoms with van der Waals surface area (Å²) < 4.78 is 1.83. The van der Waals surface area contributed by atoms with Crippen molar-refractivity contribution < 1.29 is 0 Å². The van der Waals surface area contributed by atoms with E-state index in [9.17, 15) is 4.79 Å². The summed E-state index contributed by atoms with van der Waals surface area (Å²) in [6, 6.07) is 11.9. The second kappa shape index (κ2) is 12.9. The maximum atomic E-state index is 11.9. The van der Waals surface area contributed by atoms with Crippen LogP contribution in [0.5, 0.6) is 0 Å². The number of nitrogens with zero attached hydrogens (tertiary/aromatic N) is 2. The summed E-state index contributed by atoms with van der Waals surface area (Å²) in [4.78, 5) is 17.5. The molecule has 1 heterocycles. The maximum absolute atomic E-state index is 11.9. The number of nitrogens with one attached hydrogen (secondary N) is 2. The van der Waals surface area contributed by atoms with Crippen molar-refractivity contribution in [2.45, 2.75) is 44.7 Å². The fourth-order valence-electron chi connectivity index (χ4n) is 2.91. The van der Waals surface area contributed by atoms with Gasteiger partial charge in [0.05, 0.1) is 0 Å². The molecule has 154 valence electrons. The van der Waals surface area contributed by atoms with E-state index in [1.165, 1.54) is 16.0 Å². The van der Waals surface area contributed by atoms with Gasteiger partial charge in [-0.15, -0.1) is 35.7 Å². The quantitative estimate of drug-likeness (QED) is 0.184. The molecule has 2 N–H and O–H groups in total. The first-order valence-electron chi connectivity index (χ1n) is 9.29. The van der Waals surface area contributed by atoms with Crippen LogP contribution in [0.3, 0.4) is 0 Å². The third-order valence-corrected chi connectivity index (χ3v) is 5.30. The van der Waals surface area contributed by atoms with Gasteiger partial charge in [0.1, 0.15) is 0 Å². The van der Waals surface area contributed by atoms with Gasteiger partial charge in [-0.25, -0.2) is 0 Å². The normalized spacial score (nSPS) is 11.1. The third-order valence-electron chi connectivity index (χ3n) is 4.48. The van der Waals surface area contributed by atoms with Crippen LogP contribution in [0.4, 0.5) is 0 Å². The summed E-state index contributed by atoms with van der Waals surface area (Å²) in [5.74, 6) is 0.802. The van der Waals surface area contributed by atoms with Crippen molar-refractivity contribution in [3.05, 3.63) is 63.6 Å². The third kappa shape index (κ3) is 7.50. The number of pyridine rings is 1. The summed E-state index contributed by atoms with van der Waals surface area (Å²) in [6.45, 7) is 6.40. The van der Waals surface area contributed by atoms with Crippen LogP contribution < -0.4 is 16.2 Å². The number of rotatable bonds is 8. The highest BCUT2D eigenvalue weighted by Crippen LogP contribution is 2.21. The number of aromatic nitrogens is 1. The molecule has 2 rings (SSSR count). The molecule has 7 heteroatoms. The standard InChI is InChI=1S/C21H30N4OS.HI/c1-16-10-11-18(19(14-16)27-4)15-24-21(22-3)23-12-5-6-13-25-17(2)8-7-9-20(25)26;/h7-11,14H,5-6,12-13,15H2,1-4H3,(H2,22,23,24);1H. The number of thioether (sulfide) groups is 1. The van der Waals surface area contributed by atoms with Crippen LogP contribution in [0.15, 0.2) is 51.1 Å². The number of aliphatic imine (C=N–C) groups is 1. The van der Waals surface area contributed by atoms with Crippen molar-refractivity contribution in [2.75, 3.05) is 19.8 Å². The molecule has 5 nitrogen and oxygen atoms in total. The van der Waals surface area contributed by atoms with Gasteiger partial charge in [-0.05, 0) is 56.2 Å². The highest BCUT2D eigenvalue weighted by molar-refractivity contribution is 14.0. The SMILES string of the molecule is CN=C(NCCCCn1c(C)cccc1=O)NCc1ccc(C)cc1SC.I. The minimum Gasteiger partial charge on any atom is -0.356 e. The van der Waals surface area contributed by atoms with E-state index in [4.69, 9.17) is 0 Å². The first kappa shape index (κ1) is 24.6. The topological polar surface area (TPSA) is 58.4 Å². The second-order valence-electron chi connectivity index (χ2n) is 6.53. The average molecular weight is 514 g/mol. The van der Waals surface area contributed by atoms with Crippen LogP contribution >= 0.6 is 35.7 Å². The van der Waals surface area contributed by atoms with E-state index in [0.717, 1.165) is 44.1 Å². The number of aryl methyl sites for hydroxylation is 2. The number of guanidine groups is 1. The van der Waals surface area contributed by atoms with Crippen LogP contribution in [0, 0.1) is 13.8 Å². The van der Waals surface area contributed by atoms with Gasteiger partial charge in [-0.3, -0.25) is 9.79 Å². The lowest BCUT2D eigenvalue weighted by molar-refractivity contribution is 0.575. The summed E-state index contributed by atoms with van der Waals surface area (Å²) in [5, 5.41) is 6.73. The van der Waals surface area contributed by atoms with Gasteiger partial charge in [-0.1, -0.05) is 18.2 Å². The van der Waals surface area contributed by atoms with E-state index in [1.54, 1.807) is 24.9 Å². The first-order chi connectivity index (χ1) is 13.0. The van der Waals surface area contributed by atoms with Crippen molar-refractivity contribution in [3.8, 4) is 0 Å². The number of hydrogen-bond acceptors (Lipinski definition) is 3. The maximum Gasteiger partial charge on any atom is 0.250 e. The molecule has 0 amide bonds. The van der Waals surface area contributed by atoms with Crippen molar-refractivity contribution in [2.24, 2.45) is 4.99 Å². The molecule has 0 aliphatic heterocycles. The Labute approximate surface area is 189 Å². The van der Waals surface area contributed by atoms with Crippen LogP contribution in [0.25, 0.3) is 0 Å². The minimum atomic E-state index is 0. The number of unbranched alkanes of at least 4 members (excludes halogenated alkanes) is 1. The van der Waals surface area contributed by atoms with Crippen molar-refractivity contribution >= 4 is 41.7 Å². The fourth-order valence-corrected chi connectivity index (χ4v) is 3.62. The zero-order chi connectivity index (χ0) is 19.6. The number of benzene rings is 1. The van der Waals surface area contributed by atoms with E-state index in [-0.39, 0.29) is 29.5 Å². The molecule has 0 fully saturated rings. The van der Waals surface area contributed by atoms with Crippen LogP contribution in [-0.4, -0.2) is 30.4 Å². The molecule has 2 aromatic rings. The Kier molecular flexibility index (Phi) is 11.3. The Morgan fingerprint density at radius 2 is 1.93 bits per heavy atom. The molecule has 1 aromatic heterocycles. The van der Waals surface area contributed by atoms with E-state index in [0.29, 0.717) is 0 Å². The van der Waals surface area contributed by atoms with Crippen molar-refractivity contribution in [1.82, 2.24) is 15.2 Å². The van der Waals surface area contributed by atoms with Crippen LogP contribution in [0.2, 0.25) is 0 Å². The van der Waals surface area contributed by atoms with E-state index in [1.807, 2.05) is 23.6 Å². The predicted molar refractivity (Wildman–Crippen MR) is 131 cm³/mol. The summed E-state index contributed by atoms with van der Waals surface area (Å²) in [5.41, 5.74) is 3.63. The highest BCUT2D eigenvalue weighted by Gasteiger charge is 2.04. The molecular weight excluding hydrogens is 483 g/mol. The van der Waals surface area contributed by atoms with Gasteiger partial charge in [0.15, 0.2) is 5.96 Å². The van der Waals surface area contributed by atoms with Gasteiger partial charge in [0.25, 0.3) is 5.56 Å². The molecule has 0 unspecified atom stereocenters. The summed E-state index contributed by atoms with van der Waals surface area (Å²) in [6.07, 6.45) is 4.02. The molecular formula is C21H31IN4OS. The molecule has 0 bridgehead atoms. The lowest BCUT2D eigenvalue weighted by Gasteiger charge is -2.14. The Balaban J connectivity index is 0.00000392. The minimum absolute atomic E-state index is 0. The lowest BCUT2D eigenvalue weighted by Crippen LogP contribution is -2.37. The van der Waals surface area contributed by atoms with Gasteiger partial charge in [0, 0.05) is 43.3 Å². The van der Waals surface area contributed by atoms with Gasteiger partial charge >= 0.3 is 0 Å². The lowest BCUT2D eigenvalue weighted by atomic mass is 10.1. The van der Waals surface area contributed by atoms with E-state index in [2.05, 4.69) is 47.0 Å². The molecule has 0 radical (unpaired) electrons. The molecule has 28 heavy (non-hydrogen) atoms. The molecule has 1 aromatic carbocycles. The van der Waals surface area contributed by atoms with E-state index < -0.39 is 0 Å². The van der Waals surface area contributed by atoms with Crippen LogP contribution in [0.1, 0.15) is 29.7 Å². The molecule has 0 aliphatic rings. The number of hydrogen-bond donors (Lipinski definition) is 2. The van der Waals surface area contributed by atoms with Crippen molar-refractivity contribution in [1.29, 1.82) is 0 Å². The predicted octanol–water partition coefficient (Wildman–Crippen LogP) is 3.95. The average Bonchev–Trinajstić information content (AvgIpc) is 2.66. The second-order valence-corrected chi connectivity index (χ2v) is 7.38. The molecule has 0 saturated heterocycles. The largest absolute Gasteiger partial charge is 0.356 e. The summed E-state index contributed by atoms with van der Waals surface area (Å²) >= 11 is 1.77. The monoisotopic (exact) mass is 514 g/mol. The molecule has 0 saturated carbocycles. The zero-order valence-corrected chi connectivity index (χ0v) is 20.3. The first-order valence-corrected chi connectivity index (χ1v) is 10.5. The van der Waals surface area contributed by atoms with Gasteiger partial charge in [-0.2, -0.15) is 0 Å². The zero-order valence-electron chi connectivity index (χ0n) is 17.1. The Morgan fingerprint density at radius 3 is 2.61 bits per heavy atom. The summed E-state index contributed by atoms with van der Waals surface area (Å²) in [7, 11) is 1.78. The Hall–Kier alpha value is -1.48. The van der Waals surface area contributed by atoms with Gasteiger partial charge < -0.3 is 15.2 Å². The van der Waals surface area contributed by atoms with Gasteiger partial charge in [0.2, 0.25) is 0 Å². The molecule has 0 spiro atoms. The van der Waals surface area contributed by atoms with E-state index >= 15 is 0 Å². The molecule has 0 aliphatic carbocycles. The van der Waals surface area contributed by atoms with Crippen molar-refractivity contribution in [3.63, 3.8) is 0 Å². The Morgan fingerprint density at radius 1 is 1.14 bits per heavy atom. The molecule has 0 atom stereocenters. The fraction of sp³-hybridized carbons (Fsp3) is 0.429. The Bertz CT molecular complexity index is 835. The highest BCUT2D eigenvalue weighted by atomic mass is 127. The van der Waals surface area contributed by atoms with Crippen LogP contribution in [-0.2, 0) is 13.1 Å².